The minimum atomic E-state index is -0.614. The van der Waals surface area contributed by atoms with E-state index in [0.717, 1.165) is 50.1 Å². The van der Waals surface area contributed by atoms with Crippen LogP contribution >= 0.6 is 11.8 Å². The number of amides is 1. The second-order valence-electron chi connectivity index (χ2n) is 6.92. The molecule has 23 heavy (non-hydrogen) atoms. The highest BCUT2D eigenvalue weighted by Gasteiger charge is 2.37. The van der Waals surface area contributed by atoms with Crippen LogP contribution in [0.25, 0.3) is 0 Å². The number of nitrogens with one attached hydrogen (secondary N) is 1. The minimum Gasteiger partial charge on any atom is -0.365 e. The van der Waals surface area contributed by atoms with Crippen LogP contribution in [-0.4, -0.2) is 39.0 Å². The first-order valence-corrected chi connectivity index (χ1v) is 9.54. The zero-order valence-electron chi connectivity index (χ0n) is 14.1. The fourth-order valence-corrected chi connectivity index (χ4v) is 4.55. The Morgan fingerprint density at radius 3 is 2.78 bits per heavy atom. The van der Waals surface area contributed by atoms with E-state index >= 15 is 0 Å². The molecule has 128 valence electrons. The molecule has 2 aliphatic rings. The predicted molar refractivity (Wildman–Crippen MR) is 91.5 cm³/mol. The molecule has 6 heteroatoms. The third-order valence-corrected chi connectivity index (χ3v) is 6.42. The summed E-state index contributed by atoms with van der Waals surface area (Å²) >= 11 is 1.86. The van der Waals surface area contributed by atoms with Crippen LogP contribution < -0.4 is 5.32 Å². The molecule has 0 radical (unpaired) electrons. The maximum absolute atomic E-state index is 12.5. The number of carbonyl (C=O) groups excluding carboxylic acids is 1. The monoisotopic (exact) mass is 337 g/mol. The highest BCUT2D eigenvalue weighted by atomic mass is 32.2. The summed E-state index contributed by atoms with van der Waals surface area (Å²) in [5.41, 5.74) is -0.614. The van der Waals surface area contributed by atoms with Gasteiger partial charge in [-0.2, -0.15) is 0 Å². The maximum Gasteiger partial charge on any atom is 0.252 e. The molecular formula is C17H27N3O2S. The Morgan fingerprint density at radius 2 is 2.17 bits per heavy atom. The first-order valence-electron chi connectivity index (χ1n) is 8.66. The van der Waals surface area contributed by atoms with Gasteiger partial charge in [0.15, 0.2) is 5.16 Å². The molecule has 3 rings (SSSR count). The minimum absolute atomic E-state index is 0.0809. The number of carbonyl (C=O) groups is 1. The van der Waals surface area contributed by atoms with Crippen molar-refractivity contribution in [3.63, 3.8) is 0 Å². The zero-order valence-corrected chi connectivity index (χ0v) is 14.9. The van der Waals surface area contributed by atoms with Crippen molar-refractivity contribution in [2.75, 3.05) is 6.61 Å². The number of aromatic nitrogens is 2. The average molecular weight is 337 g/mol. The van der Waals surface area contributed by atoms with Gasteiger partial charge in [0, 0.05) is 37.3 Å². The Kier molecular flexibility index (Phi) is 5.31. The molecule has 1 aliphatic carbocycles. The SMILES string of the molecule is Cn1ccnc1SC1CCC(NC(=O)C2(C)CCCCO2)CC1. The lowest BCUT2D eigenvalue weighted by molar-refractivity contribution is -0.151. The van der Waals surface area contributed by atoms with E-state index in [1.807, 2.05) is 38.1 Å². The van der Waals surface area contributed by atoms with Crippen molar-refractivity contribution in [2.24, 2.45) is 7.05 Å². The number of ether oxygens (including phenoxy) is 1. The Balaban J connectivity index is 1.45. The van der Waals surface area contributed by atoms with Gasteiger partial charge in [-0.1, -0.05) is 11.8 Å². The summed E-state index contributed by atoms with van der Waals surface area (Å²) in [5.74, 6) is 0.0809. The van der Waals surface area contributed by atoms with Gasteiger partial charge in [0.25, 0.3) is 5.91 Å². The number of hydrogen-bond donors (Lipinski definition) is 1. The highest BCUT2D eigenvalue weighted by molar-refractivity contribution is 7.99. The summed E-state index contributed by atoms with van der Waals surface area (Å²) in [5, 5.41) is 4.91. The second kappa shape index (κ2) is 7.26. The van der Waals surface area contributed by atoms with E-state index in [-0.39, 0.29) is 5.91 Å². The normalized spacial score (nSPS) is 31.7. The Bertz CT molecular complexity index is 532. The van der Waals surface area contributed by atoms with Crippen LogP contribution in [0.15, 0.2) is 17.6 Å². The van der Waals surface area contributed by atoms with Gasteiger partial charge in [0.05, 0.1) is 0 Å². The first kappa shape index (κ1) is 16.8. The third kappa shape index (κ3) is 4.10. The Hall–Kier alpha value is -1.01. The molecule has 1 N–H and O–H groups in total. The summed E-state index contributed by atoms with van der Waals surface area (Å²) in [4.78, 5) is 16.9. The number of thioether (sulfide) groups is 1. The number of rotatable bonds is 4. The van der Waals surface area contributed by atoms with Gasteiger partial charge in [0.1, 0.15) is 5.60 Å². The molecule has 0 spiro atoms. The summed E-state index contributed by atoms with van der Waals surface area (Å²) in [6, 6.07) is 0.295. The largest absolute Gasteiger partial charge is 0.365 e. The lowest BCUT2D eigenvalue weighted by Crippen LogP contribution is -2.52. The van der Waals surface area contributed by atoms with Crippen molar-refractivity contribution < 1.29 is 9.53 Å². The molecule has 0 bridgehead atoms. The summed E-state index contributed by atoms with van der Waals surface area (Å²) in [7, 11) is 2.03. The van der Waals surface area contributed by atoms with Gasteiger partial charge >= 0.3 is 0 Å². The summed E-state index contributed by atoms with van der Waals surface area (Å²) in [6.45, 7) is 2.64. The van der Waals surface area contributed by atoms with E-state index in [1.54, 1.807) is 0 Å². The molecule has 2 fully saturated rings. The lowest BCUT2D eigenvalue weighted by Gasteiger charge is -2.35. The molecule has 1 atom stereocenters. The summed E-state index contributed by atoms with van der Waals surface area (Å²) in [6.07, 6.45) is 11.2. The van der Waals surface area contributed by atoms with Crippen LogP contribution in [0.1, 0.15) is 51.9 Å². The van der Waals surface area contributed by atoms with Crippen molar-refractivity contribution in [2.45, 2.75) is 73.9 Å². The number of hydrogen-bond acceptors (Lipinski definition) is 4. The van der Waals surface area contributed by atoms with E-state index in [4.69, 9.17) is 4.74 Å². The molecule has 1 saturated heterocycles. The fraction of sp³-hybridized carbons (Fsp3) is 0.765. The van der Waals surface area contributed by atoms with Crippen LogP contribution in [0.5, 0.6) is 0 Å². The van der Waals surface area contributed by atoms with Crippen molar-refractivity contribution in [3.05, 3.63) is 12.4 Å². The third-order valence-electron chi connectivity index (χ3n) is 5.01. The maximum atomic E-state index is 12.5. The number of nitrogens with zero attached hydrogens (tertiary/aromatic N) is 2. The second-order valence-corrected chi connectivity index (χ2v) is 8.19. The van der Waals surface area contributed by atoms with Crippen LogP contribution in [0, 0.1) is 0 Å². The van der Waals surface area contributed by atoms with E-state index in [9.17, 15) is 4.79 Å². The van der Waals surface area contributed by atoms with Gasteiger partial charge in [-0.25, -0.2) is 4.98 Å². The van der Waals surface area contributed by atoms with Crippen LogP contribution in [0.2, 0.25) is 0 Å². The zero-order chi connectivity index (χ0) is 16.3. The van der Waals surface area contributed by atoms with Crippen LogP contribution in [0.3, 0.4) is 0 Å². The van der Waals surface area contributed by atoms with Crippen molar-refractivity contribution in [3.8, 4) is 0 Å². The quantitative estimate of drug-likeness (QED) is 0.918. The van der Waals surface area contributed by atoms with E-state index in [1.165, 1.54) is 0 Å². The molecule has 2 heterocycles. The predicted octanol–water partition coefficient (Wildman–Crippen LogP) is 2.90. The molecule has 1 unspecified atom stereocenters. The van der Waals surface area contributed by atoms with Gasteiger partial charge in [0.2, 0.25) is 0 Å². The van der Waals surface area contributed by atoms with Gasteiger partial charge in [-0.05, 0) is 51.9 Å². The van der Waals surface area contributed by atoms with Crippen molar-refractivity contribution in [1.29, 1.82) is 0 Å². The van der Waals surface area contributed by atoms with Crippen LogP contribution in [-0.2, 0) is 16.6 Å². The standard InChI is InChI=1S/C17H27N3O2S/c1-17(9-3-4-12-22-17)15(21)19-13-5-7-14(8-6-13)23-16-18-10-11-20(16)2/h10-11,13-14H,3-9,12H2,1-2H3,(H,19,21). The number of imidazole rings is 1. The smallest absolute Gasteiger partial charge is 0.252 e. The molecule has 1 aromatic rings. The van der Waals surface area contributed by atoms with Crippen LogP contribution in [0.4, 0.5) is 0 Å². The van der Waals surface area contributed by atoms with Gasteiger partial charge in [-0.15, -0.1) is 0 Å². The Morgan fingerprint density at radius 1 is 1.39 bits per heavy atom. The molecule has 1 aromatic heterocycles. The van der Waals surface area contributed by atoms with E-state index in [0.29, 0.717) is 17.9 Å². The first-order chi connectivity index (χ1) is 11.1. The molecule has 1 saturated carbocycles. The fourth-order valence-electron chi connectivity index (χ4n) is 3.39. The topological polar surface area (TPSA) is 56.2 Å². The molecule has 5 nitrogen and oxygen atoms in total. The van der Waals surface area contributed by atoms with Crippen molar-refractivity contribution >= 4 is 17.7 Å². The average Bonchev–Trinajstić information content (AvgIpc) is 2.95. The Labute approximate surface area is 142 Å². The van der Waals surface area contributed by atoms with Gasteiger partial charge < -0.3 is 14.6 Å². The lowest BCUT2D eigenvalue weighted by atomic mass is 9.91. The van der Waals surface area contributed by atoms with Gasteiger partial charge in [-0.3, -0.25) is 4.79 Å². The van der Waals surface area contributed by atoms with E-state index < -0.39 is 5.60 Å². The molecule has 0 aromatic carbocycles. The molecule has 1 aliphatic heterocycles. The molecule has 1 amide bonds. The number of aryl methyl sites for hydroxylation is 1. The molecular weight excluding hydrogens is 310 g/mol. The van der Waals surface area contributed by atoms with Crippen molar-refractivity contribution in [1.82, 2.24) is 14.9 Å². The van der Waals surface area contributed by atoms with E-state index in [2.05, 4.69) is 14.9 Å². The highest BCUT2D eigenvalue weighted by Crippen LogP contribution is 2.33. The summed E-state index contributed by atoms with van der Waals surface area (Å²) < 4.78 is 7.82.